The van der Waals surface area contributed by atoms with Crippen LogP contribution in [0.4, 0.5) is 13.2 Å². The van der Waals surface area contributed by atoms with E-state index < -0.39 is 22.1 Å². The number of halogens is 3. The molecular weight excluding hydrogens is 361 g/mol. The number of hydrogen-bond acceptors (Lipinski definition) is 5. The molecule has 1 aliphatic rings. The fourth-order valence-corrected chi connectivity index (χ4v) is 3.93. The van der Waals surface area contributed by atoms with Crippen molar-refractivity contribution in [2.24, 2.45) is 0 Å². The van der Waals surface area contributed by atoms with Crippen molar-refractivity contribution in [3.05, 3.63) is 24.3 Å². The van der Waals surface area contributed by atoms with Crippen molar-refractivity contribution in [1.29, 1.82) is 5.26 Å². The van der Waals surface area contributed by atoms with E-state index in [0.717, 1.165) is 41.4 Å². The first-order valence-corrected chi connectivity index (χ1v) is 9.01. The normalized spacial score (nSPS) is 18.3. The summed E-state index contributed by atoms with van der Waals surface area (Å²) in [6.07, 6.45) is -3.54. The molecule has 0 saturated carbocycles. The minimum Gasteiger partial charge on any atom is -0.406 e. The van der Waals surface area contributed by atoms with E-state index in [2.05, 4.69) is 4.74 Å². The van der Waals surface area contributed by atoms with Gasteiger partial charge in [-0.3, -0.25) is 0 Å². The van der Waals surface area contributed by atoms with E-state index in [4.69, 9.17) is 10.00 Å². The van der Waals surface area contributed by atoms with Crippen LogP contribution in [-0.4, -0.2) is 44.9 Å². The largest absolute Gasteiger partial charge is 0.573 e. The first kappa shape index (κ1) is 19.5. The van der Waals surface area contributed by atoms with Gasteiger partial charge in [-0.25, -0.2) is 8.42 Å². The molecule has 2 rings (SSSR count). The first-order valence-electron chi connectivity index (χ1n) is 7.57. The molecule has 25 heavy (non-hydrogen) atoms. The molecular formula is C15H17F3N2O4S. The summed E-state index contributed by atoms with van der Waals surface area (Å²) in [6.45, 7) is 0.643. The average molecular weight is 378 g/mol. The molecule has 1 heterocycles. The van der Waals surface area contributed by atoms with Crippen LogP contribution in [0, 0.1) is 11.3 Å². The molecule has 138 valence electrons. The highest BCUT2D eigenvalue weighted by Gasteiger charge is 2.32. The van der Waals surface area contributed by atoms with Gasteiger partial charge in [-0.05, 0) is 37.1 Å². The van der Waals surface area contributed by atoms with Crippen LogP contribution in [0.15, 0.2) is 29.2 Å². The zero-order valence-electron chi connectivity index (χ0n) is 13.2. The van der Waals surface area contributed by atoms with Crippen molar-refractivity contribution in [2.75, 3.05) is 19.7 Å². The zero-order valence-corrected chi connectivity index (χ0v) is 14.0. The lowest BCUT2D eigenvalue weighted by Gasteiger charge is -2.24. The van der Waals surface area contributed by atoms with Gasteiger partial charge in [0, 0.05) is 26.1 Å². The van der Waals surface area contributed by atoms with E-state index >= 15 is 0 Å². The molecule has 0 radical (unpaired) electrons. The lowest BCUT2D eigenvalue weighted by atomic mass is 10.2. The molecule has 0 N–H and O–H groups in total. The first-order chi connectivity index (χ1) is 11.7. The van der Waals surface area contributed by atoms with Gasteiger partial charge in [0.25, 0.3) is 0 Å². The van der Waals surface area contributed by atoms with Crippen molar-refractivity contribution in [2.45, 2.75) is 36.6 Å². The van der Waals surface area contributed by atoms with Crippen LogP contribution in [0.2, 0.25) is 0 Å². The molecule has 1 atom stereocenters. The van der Waals surface area contributed by atoms with Crippen LogP contribution in [0.3, 0.4) is 0 Å². The second kappa shape index (κ2) is 8.03. The van der Waals surface area contributed by atoms with Crippen LogP contribution >= 0.6 is 0 Å². The second-order valence-electron chi connectivity index (χ2n) is 5.43. The van der Waals surface area contributed by atoms with Gasteiger partial charge >= 0.3 is 6.36 Å². The van der Waals surface area contributed by atoms with Crippen molar-refractivity contribution in [3.8, 4) is 11.8 Å². The minimum atomic E-state index is -4.85. The highest BCUT2D eigenvalue weighted by atomic mass is 32.2. The third kappa shape index (κ3) is 5.59. The minimum absolute atomic E-state index is 0.00121. The average Bonchev–Trinajstić information content (AvgIpc) is 3.03. The molecule has 10 heteroatoms. The summed E-state index contributed by atoms with van der Waals surface area (Å²) in [5.74, 6) is -0.505. The van der Waals surface area contributed by atoms with E-state index in [-0.39, 0.29) is 30.5 Å². The molecule has 0 bridgehead atoms. The van der Waals surface area contributed by atoms with Crippen LogP contribution < -0.4 is 4.74 Å². The van der Waals surface area contributed by atoms with Crippen LogP contribution in [0.1, 0.15) is 19.3 Å². The molecule has 0 amide bonds. The maximum atomic E-state index is 12.7. The number of ether oxygens (including phenoxy) is 2. The Labute approximate surface area is 143 Å². The molecule has 6 nitrogen and oxygen atoms in total. The summed E-state index contributed by atoms with van der Waals surface area (Å²) in [5, 5.41) is 8.73. The van der Waals surface area contributed by atoms with Crippen molar-refractivity contribution < 1.29 is 31.1 Å². The summed E-state index contributed by atoms with van der Waals surface area (Å²) < 4.78 is 72.3. The molecule has 0 spiro atoms. The molecule has 1 fully saturated rings. The fourth-order valence-electron chi connectivity index (χ4n) is 2.46. The van der Waals surface area contributed by atoms with Gasteiger partial charge in [0.15, 0.2) is 0 Å². The third-order valence-electron chi connectivity index (χ3n) is 3.60. The Morgan fingerprint density at radius 1 is 1.32 bits per heavy atom. The number of rotatable bonds is 7. The Morgan fingerprint density at radius 3 is 2.52 bits per heavy atom. The molecule has 0 aromatic heterocycles. The number of alkyl halides is 3. The Hall–Kier alpha value is -1.83. The number of nitrogens with zero attached hydrogens (tertiary/aromatic N) is 2. The summed E-state index contributed by atoms with van der Waals surface area (Å²) in [7, 11) is -3.96. The predicted molar refractivity (Wildman–Crippen MR) is 81.1 cm³/mol. The van der Waals surface area contributed by atoms with E-state index in [9.17, 15) is 21.6 Å². The number of benzene rings is 1. The van der Waals surface area contributed by atoms with Gasteiger partial charge in [0.05, 0.1) is 17.1 Å². The van der Waals surface area contributed by atoms with Gasteiger partial charge in [0.1, 0.15) is 5.75 Å². The molecule has 1 aromatic rings. The third-order valence-corrected chi connectivity index (χ3v) is 5.48. The topological polar surface area (TPSA) is 79.6 Å². The van der Waals surface area contributed by atoms with Crippen molar-refractivity contribution in [1.82, 2.24) is 4.31 Å². The van der Waals surface area contributed by atoms with E-state index in [1.807, 2.05) is 6.07 Å². The molecule has 0 aliphatic carbocycles. The fraction of sp³-hybridized carbons (Fsp3) is 0.533. The maximum Gasteiger partial charge on any atom is 0.573 e. The lowest BCUT2D eigenvalue weighted by molar-refractivity contribution is -0.274. The summed E-state index contributed by atoms with van der Waals surface area (Å²) in [5.41, 5.74) is 0. The Bertz CT molecular complexity index is 708. The standard InChI is InChI=1S/C15H17F3N2O4S/c16-15(17,18)24-12-4-6-14(7-5-12)25(21,22)20(9-2-8-19)11-13-3-1-10-23-13/h4-7,13H,1-3,9-11H2. The predicted octanol–water partition coefficient (Wildman–Crippen LogP) is 2.67. The highest BCUT2D eigenvalue weighted by molar-refractivity contribution is 7.89. The molecule has 1 saturated heterocycles. The Balaban J connectivity index is 2.18. The molecule has 1 aromatic carbocycles. The SMILES string of the molecule is N#CCCN(CC1CCCO1)S(=O)(=O)c1ccc(OC(F)(F)F)cc1. The second-order valence-corrected chi connectivity index (χ2v) is 7.36. The van der Waals surface area contributed by atoms with Gasteiger partial charge in [-0.15, -0.1) is 13.2 Å². The van der Waals surface area contributed by atoms with Gasteiger partial charge in [0.2, 0.25) is 10.0 Å². The van der Waals surface area contributed by atoms with Gasteiger partial charge in [-0.2, -0.15) is 9.57 Å². The maximum absolute atomic E-state index is 12.7. The van der Waals surface area contributed by atoms with E-state index in [1.165, 1.54) is 0 Å². The summed E-state index contributed by atoms with van der Waals surface area (Å²) >= 11 is 0. The molecule has 1 unspecified atom stereocenters. The monoisotopic (exact) mass is 378 g/mol. The zero-order chi connectivity index (χ0) is 18.5. The smallest absolute Gasteiger partial charge is 0.406 e. The Kier molecular flexibility index (Phi) is 6.26. The van der Waals surface area contributed by atoms with E-state index in [0.29, 0.717) is 6.61 Å². The van der Waals surface area contributed by atoms with Gasteiger partial charge in [-0.1, -0.05) is 0 Å². The van der Waals surface area contributed by atoms with Crippen LogP contribution in [0.25, 0.3) is 0 Å². The summed E-state index contributed by atoms with van der Waals surface area (Å²) in [4.78, 5) is -0.169. The highest BCUT2D eigenvalue weighted by Crippen LogP contribution is 2.26. The van der Waals surface area contributed by atoms with Crippen LogP contribution in [-0.2, 0) is 14.8 Å². The van der Waals surface area contributed by atoms with Gasteiger partial charge < -0.3 is 9.47 Å². The van der Waals surface area contributed by atoms with Crippen molar-refractivity contribution >= 4 is 10.0 Å². The molecule has 1 aliphatic heterocycles. The Morgan fingerprint density at radius 2 is 2.00 bits per heavy atom. The number of hydrogen-bond donors (Lipinski definition) is 0. The van der Waals surface area contributed by atoms with E-state index in [1.54, 1.807) is 0 Å². The summed E-state index contributed by atoms with van der Waals surface area (Å²) in [6, 6.07) is 5.86. The van der Waals surface area contributed by atoms with Crippen molar-refractivity contribution in [3.63, 3.8) is 0 Å². The van der Waals surface area contributed by atoms with Crippen LogP contribution in [0.5, 0.6) is 5.75 Å². The number of nitriles is 1. The number of sulfonamides is 1. The quantitative estimate of drug-likeness (QED) is 0.729. The lowest BCUT2D eigenvalue weighted by Crippen LogP contribution is -2.38.